The third-order valence-corrected chi connectivity index (χ3v) is 5.35. The Morgan fingerprint density at radius 3 is 2.10 bits per heavy atom. The van der Waals surface area contributed by atoms with Gasteiger partial charge in [0.1, 0.15) is 5.69 Å². The lowest BCUT2D eigenvalue weighted by Crippen LogP contribution is -2.20. The molecule has 1 heterocycles. The van der Waals surface area contributed by atoms with Gasteiger partial charge in [-0.05, 0) is 18.2 Å². The molecule has 0 spiro atoms. The maximum Gasteiger partial charge on any atom is 0.410 e. The second-order valence-electron chi connectivity index (χ2n) is 5.59. The molecule has 0 bridgehead atoms. The van der Waals surface area contributed by atoms with Crippen LogP contribution in [-0.2, 0) is 38.3 Å². The minimum Gasteiger partial charge on any atom is -0.477 e. The van der Waals surface area contributed by atoms with Crippen molar-refractivity contribution in [1.82, 2.24) is 4.98 Å². The summed E-state index contributed by atoms with van der Waals surface area (Å²) in [4.78, 5) is 35.2. The zero-order chi connectivity index (χ0) is 21.8. The number of aromatic amines is 1. The minimum atomic E-state index is -5.36. The fourth-order valence-corrected chi connectivity index (χ4v) is 3.39. The largest absolute Gasteiger partial charge is 0.477 e. The molecule has 29 heavy (non-hydrogen) atoms. The minimum absolute atomic E-state index is 0.103. The molecule has 1 aromatic carbocycles. The van der Waals surface area contributed by atoms with E-state index in [2.05, 4.69) is 23.5 Å². The first kappa shape index (κ1) is 22.5. The normalized spacial score (nSPS) is 12.0. The van der Waals surface area contributed by atoms with Crippen molar-refractivity contribution in [1.29, 1.82) is 0 Å². The van der Waals surface area contributed by atoms with Gasteiger partial charge in [-0.2, -0.15) is 8.78 Å². The van der Waals surface area contributed by atoms with Gasteiger partial charge in [-0.25, -0.2) is 4.79 Å². The van der Waals surface area contributed by atoms with E-state index in [1.807, 2.05) is 0 Å². The summed E-state index contributed by atoms with van der Waals surface area (Å²) in [5, 5.41) is 9.08. The first-order valence-electron chi connectivity index (χ1n) is 7.86. The van der Waals surface area contributed by atoms with Crippen molar-refractivity contribution in [2.24, 2.45) is 0 Å². The number of rotatable bonds is 9. The zero-order valence-electron chi connectivity index (χ0n) is 15.1. The van der Waals surface area contributed by atoms with E-state index < -0.39 is 50.3 Å². The van der Waals surface area contributed by atoms with Crippen LogP contribution in [0.3, 0.4) is 0 Å². The number of esters is 2. The number of carbonyl (C=O) groups excluding carboxylic acids is 2. The predicted octanol–water partition coefficient (Wildman–Crippen LogP) is 3.18. The number of carbonyl (C=O) groups is 3. The molecule has 0 aliphatic heterocycles. The van der Waals surface area contributed by atoms with Crippen LogP contribution in [0.5, 0.6) is 0 Å². The number of hydrogen-bond acceptors (Lipinski definition) is 8. The van der Waals surface area contributed by atoms with E-state index in [1.165, 1.54) is 0 Å². The van der Waals surface area contributed by atoms with Crippen LogP contribution >= 0.6 is 7.60 Å². The maximum atomic E-state index is 15.0. The van der Waals surface area contributed by atoms with Gasteiger partial charge in [0, 0.05) is 30.3 Å². The highest BCUT2D eigenvalue weighted by Gasteiger charge is 2.55. The van der Waals surface area contributed by atoms with Crippen LogP contribution in [0.15, 0.2) is 24.3 Å². The van der Waals surface area contributed by atoms with Gasteiger partial charge in [-0.3, -0.25) is 23.2 Å². The van der Waals surface area contributed by atoms with E-state index in [4.69, 9.17) is 5.11 Å². The average molecular weight is 435 g/mol. The maximum absolute atomic E-state index is 15.0. The average Bonchev–Trinajstić information content (AvgIpc) is 3.04. The number of fused-ring (bicyclic) bond motifs is 1. The van der Waals surface area contributed by atoms with Gasteiger partial charge in [0.2, 0.25) is 13.6 Å². The van der Waals surface area contributed by atoms with Crippen LogP contribution in [0.4, 0.5) is 8.78 Å². The molecule has 0 aliphatic carbocycles. The second kappa shape index (κ2) is 8.68. The lowest BCUT2D eigenvalue weighted by molar-refractivity contribution is -0.151. The molecule has 0 saturated heterocycles. The molecule has 2 rings (SSSR count). The van der Waals surface area contributed by atoms with E-state index in [9.17, 15) is 18.9 Å². The van der Waals surface area contributed by atoms with Crippen molar-refractivity contribution in [3.63, 3.8) is 0 Å². The van der Waals surface area contributed by atoms with Crippen molar-refractivity contribution in [2.75, 3.05) is 13.6 Å². The molecule has 0 atom stereocenters. The van der Waals surface area contributed by atoms with Gasteiger partial charge in [0.15, 0.2) is 0 Å². The van der Waals surface area contributed by atoms with E-state index in [0.717, 1.165) is 38.1 Å². The molecule has 0 amide bonds. The Balaban J connectivity index is 2.38. The molecule has 1 aromatic heterocycles. The Bertz CT molecular complexity index is 964. The molecule has 13 heteroatoms. The van der Waals surface area contributed by atoms with Gasteiger partial charge in [-0.15, -0.1) is 0 Å². The summed E-state index contributed by atoms with van der Waals surface area (Å²) >= 11 is 0. The summed E-state index contributed by atoms with van der Waals surface area (Å²) in [6.45, 7) is -0.242. The number of ether oxygens (including phenoxy) is 2. The first-order chi connectivity index (χ1) is 13.5. The van der Waals surface area contributed by atoms with Crippen LogP contribution in [0.1, 0.15) is 29.9 Å². The van der Waals surface area contributed by atoms with E-state index in [0.29, 0.717) is 0 Å². The molecule has 10 nitrogen and oxygen atoms in total. The van der Waals surface area contributed by atoms with Crippen molar-refractivity contribution in [3.05, 3.63) is 35.5 Å². The summed E-state index contributed by atoms with van der Waals surface area (Å²) < 4.78 is 60.7. The number of aromatic carboxylic acids is 1. The van der Waals surface area contributed by atoms with Crippen LogP contribution in [-0.4, -0.2) is 41.6 Å². The Morgan fingerprint density at radius 1 is 1.07 bits per heavy atom. The third-order valence-electron chi connectivity index (χ3n) is 3.51. The van der Waals surface area contributed by atoms with Gasteiger partial charge in [-0.1, -0.05) is 6.07 Å². The molecule has 0 aliphatic rings. The number of hydrogen-bond donors (Lipinski definition) is 2. The topological polar surface area (TPSA) is 141 Å². The lowest BCUT2D eigenvalue weighted by Gasteiger charge is -2.26. The van der Waals surface area contributed by atoms with Gasteiger partial charge in [0.25, 0.3) is 0 Å². The third kappa shape index (κ3) is 5.17. The Labute approximate surface area is 162 Å². The number of aromatic nitrogens is 1. The standard InChI is InChI=1S/C16H16F2NO9P/c1-9(20)25-7-27-29(24,28-8-26-10(2)21)16(17,18)12-3-4-13-11(5-12)6-14(19-13)15(22)23/h3-6,19H,7-8H2,1-2H3,(H,22,23). The molecule has 0 unspecified atom stereocenters. The highest BCUT2D eigenvalue weighted by molar-refractivity contribution is 7.54. The number of halogens is 2. The molecule has 2 aromatic rings. The SMILES string of the molecule is CC(=O)OCOP(=O)(OCOC(C)=O)C(F)(F)c1ccc2[nH]c(C(=O)O)cc2c1. The van der Waals surface area contributed by atoms with Crippen LogP contribution in [0.25, 0.3) is 10.9 Å². The van der Waals surface area contributed by atoms with Gasteiger partial charge >= 0.3 is 31.2 Å². The summed E-state index contributed by atoms with van der Waals surface area (Å²) in [6, 6.07) is 4.06. The van der Waals surface area contributed by atoms with Crippen molar-refractivity contribution in [2.45, 2.75) is 19.5 Å². The number of benzene rings is 1. The molecule has 158 valence electrons. The Kier molecular flexibility index (Phi) is 6.73. The monoisotopic (exact) mass is 435 g/mol. The smallest absolute Gasteiger partial charge is 0.410 e. The number of carboxylic acid groups (broad SMARTS) is 1. The number of alkyl halides is 2. The van der Waals surface area contributed by atoms with E-state index in [1.54, 1.807) is 0 Å². The quantitative estimate of drug-likeness (QED) is 0.345. The molecular formula is C16H16F2NO9P. The summed E-state index contributed by atoms with van der Waals surface area (Å²) in [5.74, 6) is -3.06. The van der Waals surface area contributed by atoms with Crippen LogP contribution in [0, 0.1) is 0 Å². The lowest BCUT2D eigenvalue weighted by atomic mass is 10.1. The van der Waals surface area contributed by atoms with Crippen LogP contribution < -0.4 is 0 Å². The molecule has 0 radical (unpaired) electrons. The Morgan fingerprint density at radius 2 is 1.62 bits per heavy atom. The molecular weight excluding hydrogens is 419 g/mol. The summed E-state index contributed by atoms with van der Waals surface area (Å²) in [6.07, 6.45) is 0. The van der Waals surface area contributed by atoms with Crippen molar-refractivity contribution >= 4 is 36.4 Å². The summed E-state index contributed by atoms with van der Waals surface area (Å²) in [5.41, 5.74) is -5.07. The van der Waals surface area contributed by atoms with Gasteiger partial charge < -0.3 is 19.6 Å². The zero-order valence-corrected chi connectivity index (χ0v) is 16.0. The molecule has 0 saturated carbocycles. The second-order valence-corrected chi connectivity index (χ2v) is 7.67. The number of carboxylic acids is 1. The van der Waals surface area contributed by atoms with Crippen molar-refractivity contribution in [3.8, 4) is 0 Å². The van der Waals surface area contributed by atoms with Crippen LogP contribution in [0.2, 0.25) is 0 Å². The highest BCUT2D eigenvalue weighted by Crippen LogP contribution is 2.67. The van der Waals surface area contributed by atoms with Gasteiger partial charge in [0.05, 0.1) is 0 Å². The summed E-state index contributed by atoms with van der Waals surface area (Å²) in [7, 11) is -5.36. The molecule has 2 N–H and O–H groups in total. The van der Waals surface area contributed by atoms with E-state index in [-0.39, 0.29) is 16.6 Å². The predicted molar refractivity (Wildman–Crippen MR) is 92.2 cm³/mol. The highest BCUT2D eigenvalue weighted by atomic mass is 31.2. The van der Waals surface area contributed by atoms with E-state index >= 15 is 8.78 Å². The number of nitrogens with one attached hydrogen (secondary N) is 1. The fraction of sp³-hybridized carbons (Fsp3) is 0.312. The van der Waals surface area contributed by atoms with Crippen molar-refractivity contribution < 1.29 is 51.4 Å². The fourth-order valence-electron chi connectivity index (χ4n) is 2.15. The Hall–Kier alpha value is -2.82. The number of H-pyrrole nitrogens is 1. The molecule has 0 fully saturated rings. The first-order valence-corrected chi connectivity index (χ1v) is 9.41.